The second-order valence-electron chi connectivity index (χ2n) is 6.06. The molecule has 0 spiro atoms. The van der Waals surface area contributed by atoms with Crippen LogP contribution in [0.15, 0.2) is 54.3 Å². The smallest absolute Gasteiger partial charge is 0.315 e. The molecule has 2 atom stereocenters. The number of hydrogen-bond acceptors (Lipinski definition) is 2. The highest BCUT2D eigenvalue weighted by Crippen LogP contribution is 2.40. The Labute approximate surface area is 124 Å². The quantitative estimate of drug-likeness (QED) is 0.768. The minimum absolute atomic E-state index is 0.00212. The van der Waals surface area contributed by atoms with Gasteiger partial charge >= 0.3 is 5.97 Å². The van der Waals surface area contributed by atoms with Gasteiger partial charge in [-0.15, -0.1) is 0 Å². The summed E-state index contributed by atoms with van der Waals surface area (Å²) in [7, 11) is 0. The van der Waals surface area contributed by atoms with Gasteiger partial charge in [0.25, 0.3) is 0 Å². The Bertz CT molecular complexity index is 729. The molecule has 0 amide bonds. The molecule has 1 saturated heterocycles. The summed E-state index contributed by atoms with van der Waals surface area (Å²) < 4.78 is 5.46. The molecule has 2 aromatic rings. The molecular weight excluding hydrogens is 260 g/mol. The third-order valence-electron chi connectivity index (χ3n) is 4.71. The Hall–Kier alpha value is -2.09. The minimum atomic E-state index is -0.0405. The zero-order valence-corrected chi connectivity index (χ0v) is 11.9. The van der Waals surface area contributed by atoms with Crippen LogP contribution < -0.4 is 0 Å². The van der Waals surface area contributed by atoms with Crippen LogP contribution in [0.5, 0.6) is 0 Å². The van der Waals surface area contributed by atoms with Crippen LogP contribution in [-0.4, -0.2) is 5.97 Å². The van der Waals surface area contributed by atoms with E-state index in [0.29, 0.717) is 5.92 Å². The lowest BCUT2D eigenvalue weighted by atomic mass is 9.81. The Kier molecular flexibility index (Phi) is 3.03. The largest absolute Gasteiger partial charge is 0.431 e. The van der Waals surface area contributed by atoms with E-state index in [0.717, 1.165) is 25.0 Å². The summed E-state index contributed by atoms with van der Waals surface area (Å²) >= 11 is 0. The maximum atomic E-state index is 12.1. The second kappa shape index (κ2) is 5.03. The van der Waals surface area contributed by atoms with E-state index in [1.807, 2.05) is 0 Å². The first kappa shape index (κ1) is 12.6. The molecule has 1 fully saturated rings. The van der Waals surface area contributed by atoms with E-state index in [9.17, 15) is 4.79 Å². The average molecular weight is 278 g/mol. The summed E-state index contributed by atoms with van der Waals surface area (Å²) in [5.74, 6) is 1.19. The van der Waals surface area contributed by atoms with E-state index >= 15 is 0 Å². The lowest BCUT2D eigenvalue weighted by Gasteiger charge is -2.18. The van der Waals surface area contributed by atoms with Gasteiger partial charge in [0, 0.05) is 5.92 Å². The van der Waals surface area contributed by atoms with E-state index in [1.54, 1.807) is 0 Å². The number of ether oxygens (including phenoxy) is 1. The van der Waals surface area contributed by atoms with Crippen molar-refractivity contribution in [1.29, 1.82) is 0 Å². The van der Waals surface area contributed by atoms with Gasteiger partial charge < -0.3 is 4.74 Å². The van der Waals surface area contributed by atoms with Crippen LogP contribution in [0.25, 0.3) is 10.8 Å². The number of rotatable bonds is 2. The molecule has 2 aliphatic rings. The average Bonchev–Trinajstić information content (AvgIpc) is 2.83. The summed E-state index contributed by atoms with van der Waals surface area (Å²) in [5.41, 5.74) is 1.22. The molecule has 1 heterocycles. The number of esters is 1. The number of allylic oxidation sites excluding steroid dienone is 2. The van der Waals surface area contributed by atoms with Crippen LogP contribution in [0.1, 0.15) is 24.8 Å². The second-order valence-corrected chi connectivity index (χ2v) is 6.06. The molecule has 21 heavy (non-hydrogen) atoms. The first-order valence-electron chi connectivity index (χ1n) is 7.71. The van der Waals surface area contributed by atoms with Crippen LogP contribution >= 0.6 is 0 Å². The SMILES string of the molecule is O=C1OC2=CCCCC2C1Cc1ccc2ccccc2c1. The number of carbonyl (C=O) groups is 1. The summed E-state index contributed by atoms with van der Waals surface area (Å²) in [6.07, 6.45) is 6.18. The predicted octanol–water partition coefficient (Wildman–Crippen LogP) is 4.24. The van der Waals surface area contributed by atoms with Gasteiger partial charge in [-0.2, -0.15) is 0 Å². The maximum absolute atomic E-state index is 12.1. The highest BCUT2D eigenvalue weighted by molar-refractivity contribution is 5.83. The maximum Gasteiger partial charge on any atom is 0.315 e. The first-order chi connectivity index (χ1) is 10.3. The monoisotopic (exact) mass is 278 g/mol. The highest BCUT2D eigenvalue weighted by atomic mass is 16.5. The van der Waals surface area contributed by atoms with Crippen molar-refractivity contribution in [2.24, 2.45) is 11.8 Å². The molecule has 0 N–H and O–H groups in total. The fourth-order valence-electron chi connectivity index (χ4n) is 3.59. The standard InChI is InChI=1S/C19H18O2/c20-19-17(16-7-3-4-8-18(16)21-19)12-13-9-10-14-5-1-2-6-15(14)11-13/h1-2,5-6,8-11,16-17H,3-4,7,12H2. The Morgan fingerprint density at radius 2 is 1.95 bits per heavy atom. The molecular formula is C19H18O2. The van der Waals surface area contributed by atoms with E-state index in [1.165, 1.54) is 22.8 Å². The first-order valence-corrected chi connectivity index (χ1v) is 7.71. The lowest BCUT2D eigenvalue weighted by Crippen LogP contribution is -2.19. The van der Waals surface area contributed by atoms with Gasteiger partial charge in [-0.25, -0.2) is 0 Å². The molecule has 2 aromatic carbocycles. The van der Waals surface area contributed by atoms with Crippen molar-refractivity contribution < 1.29 is 9.53 Å². The van der Waals surface area contributed by atoms with Gasteiger partial charge in [0.2, 0.25) is 0 Å². The third kappa shape index (κ3) is 2.25. The van der Waals surface area contributed by atoms with Crippen molar-refractivity contribution in [3.05, 3.63) is 59.9 Å². The highest BCUT2D eigenvalue weighted by Gasteiger charge is 2.41. The van der Waals surface area contributed by atoms with Crippen molar-refractivity contribution in [3.63, 3.8) is 0 Å². The molecule has 0 radical (unpaired) electrons. The van der Waals surface area contributed by atoms with Crippen LogP contribution in [0, 0.1) is 11.8 Å². The molecule has 1 aliphatic heterocycles. The molecule has 1 aliphatic carbocycles. The van der Waals surface area contributed by atoms with E-state index in [4.69, 9.17) is 4.74 Å². The van der Waals surface area contributed by atoms with Gasteiger partial charge in [0.1, 0.15) is 5.76 Å². The molecule has 106 valence electrons. The van der Waals surface area contributed by atoms with Crippen molar-refractivity contribution >= 4 is 16.7 Å². The molecule has 0 aromatic heterocycles. The molecule has 2 nitrogen and oxygen atoms in total. The zero-order chi connectivity index (χ0) is 14.2. The van der Waals surface area contributed by atoms with Crippen molar-refractivity contribution in [2.45, 2.75) is 25.7 Å². The summed E-state index contributed by atoms with van der Waals surface area (Å²) in [4.78, 5) is 12.1. The normalized spacial score (nSPS) is 24.6. The van der Waals surface area contributed by atoms with Gasteiger partial charge in [-0.05, 0) is 48.1 Å². The van der Waals surface area contributed by atoms with Crippen LogP contribution in [0.3, 0.4) is 0 Å². The molecule has 4 rings (SSSR count). The van der Waals surface area contributed by atoms with Gasteiger partial charge in [-0.3, -0.25) is 4.79 Å². The summed E-state index contributed by atoms with van der Waals surface area (Å²) in [5, 5.41) is 2.48. The Morgan fingerprint density at radius 3 is 2.86 bits per heavy atom. The number of hydrogen-bond donors (Lipinski definition) is 0. The molecule has 2 heteroatoms. The Morgan fingerprint density at radius 1 is 1.10 bits per heavy atom. The topological polar surface area (TPSA) is 26.3 Å². The summed E-state index contributed by atoms with van der Waals surface area (Å²) in [6.45, 7) is 0. The number of benzene rings is 2. The van der Waals surface area contributed by atoms with Crippen LogP contribution in [-0.2, 0) is 16.0 Å². The summed E-state index contributed by atoms with van der Waals surface area (Å²) in [6, 6.07) is 14.8. The van der Waals surface area contributed by atoms with E-state index in [-0.39, 0.29) is 11.9 Å². The lowest BCUT2D eigenvalue weighted by molar-refractivity contribution is -0.139. The minimum Gasteiger partial charge on any atom is -0.431 e. The van der Waals surface area contributed by atoms with Gasteiger partial charge in [0.15, 0.2) is 0 Å². The predicted molar refractivity (Wildman–Crippen MR) is 82.7 cm³/mol. The number of fused-ring (bicyclic) bond motifs is 2. The molecule has 2 unspecified atom stereocenters. The van der Waals surface area contributed by atoms with Gasteiger partial charge in [-0.1, -0.05) is 42.5 Å². The third-order valence-corrected chi connectivity index (χ3v) is 4.71. The molecule has 0 bridgehead atoms. The fourth-order valence-corrected chi connectivity index (χ4v) is 3.59. The Balaban J connectivity index is 1.63. The number of carbonyl (C=O) groups excluding carboxylic acids is 1. The zero-order valence-electron chi connectivity index (χ0n) is 11.9. The van der Waals surface area contributed by atoms with Crippen molar-refractivity contribution in [2.75, 3.05) is 0 Å². The fraction of sp³-hybridized carbons (Fsp3) is 0.316. The van der Waals surface area contributed by atoms with E-state index < -0.39 is 0 Å². The van der Waals surface area contributed by atoms with Crippen molar-refractivity contribution in [3.8, 4) is 0 Å². The van der Waals surface area contributed by atoms with Gasteiger partial charge in [0.05, 0.1) is 5.92 Å². The van der Waals surface area contributed by atoms with Crippen LogP contribution in [0.4, 0.5) is 0 Å². The van der Waals surface area contributed by atoms with Crippen molar-refractivity contribution in [1.82, 2.24) is 0 Å². The van der Waals surface area contributed by atoms with E-state index in [2.05, 4.69) is 48.5 Å². The molecule has 0 saturated carbocycles. The van der Waals surface area contributed by atoms with Crippen LogP contribution in [0.2, 0.25) is 0 Å².